The molecule has 0 saturated carbocycles. The zero-order valence-electron chi connectivity index (χ0n) is 18.0. The van der Waals surface area contributed by atoms with Crippen LogP contribution in [0.1, 0.15) is 0 Å². The van der Waals surface area contributed by atoms with Crippen LogP contribution in [-0.4, -0.2) is 0 Å². The molecule has 0 radical (unpaired) electrons. The Balaban J connectivity index is 1.64. The van der Waals surface area contributed by atoms with Crippen molar-refractivity contribution < 1.29 is 0 Å². The molecule has 0 bridgehead atoms. The first-order chi connectivity index (χ1) is 16.3. The Morgan fingerprint density at radius 1 is 0.303 bits per heavy atom. The molecular weight excluding hydrogens is 464 g/mol. The van der Waals surface area contributed by atoms with Crippen molar-refractivity contribution in [3.63, 3.8) is 0 Å². The van der Waals surface area contributed by atoms with Gasteiger partial charge >= 0.3 is 0 Å². The van der Waals surface area contributed by atoms with Crippen LogP contribution in [0, 0.1) is 0 Å². The third kappa shape index (κ3) is 3.55. The molecule has 0 nitrogen and oxygen atoms in total. The maximum Gasteiger partial charge on any atom is 0.0175 e. The van der Waals surface area contributed by atoms with Gasteiger partial charge in [0.1, 0.15) is 0 Å². The summed E-state index contributed by atoms with van der Waals surface area (Å²) in [5, 5.41) is 5.12. The van der Waals surface area contributed by atoms with Gasteiger partial charge in [-0.25, -0.2) is 0 Å². The van der Waals surface area contributed by atoms with Crippen LogP contribution in [0.25, 0.3) is 54.9 Å². The topological polar surface area (TPSA) is 0 Å². The van der Waals surface area contributed by atoms with Crippen LogP contribution in [0.5, 0.6) is 0 Å². The molecule has 0 saturated heterocycles. The molecule has 0 aliphatic rings. The van der Waals surface area contributed by atoms with E-state index in [2.05, 4.69) is 143 Å². The zero-order valence-corrected chi connectivity index (χ0v) is 19.6. The summed E-state index contributed by atoms with van der Waals surface area (Å²) in [7, 11) is 0. The predicted molar refractivity (Wildman–Crippen MR) is 145 cm³/mol. The molecule has 156 valence electrons. The van der Waals surface area contributed by atoms with Gasteiger partial charge < -0.3 is 0 Å². The molecule has 6 aromatic carbocycles. The number of halogens is 1. The van der Waals surface area contributed by atoms with Crippen LogP contribution in [0.4, 0.5) is 0 Å². The highest BCUT2D eigenvalue weighted by Gasteiger charge is 2.16. The summed E-state index contributed by atoms with van der Waals surface area (Å²) < 4.78 is 1.09. The molecule has 0 aliphatic heterocycles. The summed E-state index contributed by atoms with van der Waals surface area (Å²) in [5.74, 6) is 0. The van der Waals surface area contributed by atoms with E-state index in [1.807, 2.05) is 0 Å². The lowest BCUT2D eigenvalue weighted by Crippen LogP contribution is -1.90. The van der Waals surface area contributed by atoms with Crippen molar-refractivity contribution in [3.8, 4) is 33.4 Å². The highest BCUT2D eigenvalue weighted by atomic mass is 79.9. The standard InChI is InChI=1S/C32H21Br/c33-26-20-18-25(19-21-26)32-29-12-6-4-10-27(29)31(28-11-5-7-13-30(28)32)24-16-14-23(15-17-24)22-8-2-1-3-9-22/h1-21H. The van der Waals surface area contributed by atoms with Crippen molar-refractivity contribution in [2.75, 3.05) is 0 Å². The number of hydrogen-bond acceptors (Lipinski definition) is 0. The van der Waals surface area contributed by atoms with Gasteiger partial charge in [0.25, 0.3) is 0 Å². The van der Waals surface area contributed by atoms with Gasteiger partial charge in [-0.2, -0.15) is 0 Å². The smallest absolute Gasteiger partial charge is 0.0175 e. The van der Waals surface area contributed by atoms with Crippen LogP contribution in [-0.2, 0) is 0 Å². The number of benzene rings is 6. The molecule has 0 heterocycles. The quantitative estimate of drug-likeness (QED) is 0.219. The van der Waals surface area contributed by atoms with E-state index in [0.717, 1.165) is 4.47 Å². The van der Waals surface area contributed by atoms with Gasteiger partial charge in [0.2, 0.25) is 0 Å². The monoisotopic (exact) mass is 484 g/mol. The first-order valence-corrected chi connectivity index (χ1v) is 11.9. The lowest BCUT2D eigenvalue weighted by atomic mass is 9.86. The fraction of sp³-hybridized carbons (Fsp3) is 0. The van der Waals surface area contributed by atoms with Crippen LogP contribution in [0.3, 0.4) is 0 Å². The Labute approximate surface area is 202 Å². The van der Waals surface area contributed by atoms with E-state index < -0.39 is 0 Å². The molecule has 6 aromatic rings. The summed E-state index contributed by atoms with van der Waals surface area (Å²) in [4.78, 5) is 0. The lowest BCUT2D eigenvalue weighted by Gasteiger charge is -2.18. The maximum atomic E-state index is 3.58. The highest BCUT2D eigenvalue weighted by Crippen LogP contribution is 2.43. The summed E-state index contributed by atoms with van der Waals surface area (Å²) in [6.07, 6.45) is 0. The summed E-state index contributed by atoms with van der Waals surface area (Å²) in [6.45, 7) is 0. The van der Waals surface area contributed by atoms with Gasteiger partial charge in [0.05, 0.1) is 0 Å². The molecule has 0 amide bonds. The minimum absolute atomic E-state index is 1.09. The Bertz CT molecular complexity index is 1520. The molecule has 33 heavy (non-hydrogen) atoms. The Kier molecular flexibility index (Phi) is 5.05. The first kappa shape index (κ1) is 20.0. The SMILES string of the molecule is Brc1ccc(-c2c3ccccc3c(-c3ccc(-c4ccccc4)cc3)c3ccccc23)cc1. The summed E-state index contributed by atoms with van der Waals surface area (Å²) in [5.41, 5.74) is 7.53. The van der Waals surface area contributed by atoms with Crippen LogP contribution in [0.2, 0.25) is 0 Å². The van der Waals surface area contributed by atoms with Crippen molar-refractivity contribution >= 4 is 37.5 Å². The van der Waals surface area contributed by atoms with Gasteiger partial charge in [-0.1, -0.05) is 131 Å². The normalized spacial score (nSPS) is 11.2. The third-order valence-electron chi connectivity index (χ3n) is 6.35. The Morgan fingerprint density at radius 3 is 1.09 bits per heavy atom. The largest absolute Gasteiger partial charge is 0.0622 e. The number of fused-ring (bicyclic) bond motifs is 2. The van der Waals surface area contributed by atoms with Crippen molar-refractivity contribution in [3.05, 3.63) is 132 Å². The molecule has 0 spiro atoms. The van der Waals surface area contributed by atoms with Crippen molar-refractivity contribution in [1.82, 2.24) is 0 Å². The predicted octanol–water partition coefficient (Wildman–Crippen LogP) is 9.76. The van der Waals surface area contributed by atoms with E-state index in [0.29, 0.717) is 0 Å². The minimum atomic E-state index is 1.09. The molecule has 0 unspecified atom stereocenters. The fourth-order valence-corrected chi connectivity index (χ4v) is 5.09. The van der Waals surface area contributed by atoms with E-state index >= 15 is 0 Å². The summed E-state index contributed by atoms with van der Waals surface area (Å²) in [6, 6.07) is 45.8. The van der Waals surface area contributed by atoms with Crippen LogP contribution in [0.15, 0.2) is 132 Å². The van der Waals surface area contributed by atoms with E-state index in [1.54, 1.807) is 0 Å². The van der Waals surface area contributed by atoms with Gasteiger partial charge in [0, 0.05) is 4.47 Å². The second-order valence-electron chi connectivity index (χ2n) is 8.29. The zero-order chi connectivity index (χ0) is 22.2. The Morgan fingerprint density at radius 2 is 0.636 bits per heavy atom. The van der Waals surface area contributed by atoms with Gasteiger partial charge in [-0.05, 0) is 67.1 Å². The molecule has 0 aliphatic carbocycles. The second kappa shape index (κ2) is 8.35. The average molecular weight is 485 g/mol. The second-order valence-corrected chi connectivity index (χ2v) is 9.21. The molecular formula is C32H21Br. The first-order valence-electron chi connectivity index (χ1n) is 11.1. The molecule has 0 atom stereocenters. The number of rotatable bonds is 3. The average Bonchev–Trinajstić information content (AvgIpc) is 2.88. The number of hydrogen-bond donors (Lipinski definition) is 0. The minimum Gasteiger partial charge on any atom is -0.0622 e. The van der Waals surface area contributed by atoms with Gasteiger partial charge in [-0.15, -0.1) is 0 Å². The van der Waals surface area contributed by atoms with Gasteiger partial charge in [-0.3, -0.25) is 0 Å². The molecule has 1 heteroatoms. The van der Waals surface area contributed by atoms with Gasteiger partial charge in [0.15, 0.2) is 0 Å². The lowest BCUT2D eigenvalue weighted by molar-refractivity contribution is 1.61. The third-order valence-corrected chi connectivity index (χ3v) is 6.87. The summed E-state index contributed by atoms with van der Waals surface area (Å²) >= 11 is 3.58. The highest BCUT2D eigenvalue weighted by molar-refractivity contribution is 9.10. The molecule has 0 aromatic heterocycles. The Hall–Kier alpha value is -3.68. The molecule has 0 N–H and O–H groups in total. The van der Waals surface area contributed by atoms with E-state index in [4.69, 9.17) is 0 Å². The van der Waals surface area contributed by atoms with Crippen molar-refractivity contribution in [2.45, 2.75) is 0 Å². The fourth-order valence-electron chi connectivity index (χ4n) is 4.83. The van der Waals surface area contributed by atoms with Crippen molar-refractivity contribution in [1.29, 1.82) is 0 Å². The van der Waals surface area contributed by atoms with E-state index in [9.17, 15) is 0 Å². The van der Waals surface area contributed by atoms with E-state index in [1.165, 1.54) is 54.9 Å². The van der Waals surface area contributed by atoms with Crippen molar-refractivity contribution in [2.24, 2.45) is 0 Å². The van der Waals surface area contributed by atoms with E-state index in [-0.39, 0.29) is 0 Å². The van der Waals surface area contributed by atoms with Crippen LogP contribution >= 0.6 is 15.9 Å². The van der Waals surface area contributed by atoms with Crippen LogP contribution < -0.4 is 0 Å². The molecule has 0 fully saturated rings. The molecule has 6 rings (SSSR count). The maximum absolute atomic E-state index is 3.58.